The zero-order chi connectivity index (χ0) is 14.6. The second kappa shape index (κ2) is 4.02. The first-order chi connectivity index (χ1) is 10.1. The molecule has 21 heavy (non-hydrogen) atoms. The molecule has 1 aromatic carbocycles. The van der Waals surface area contributed by atoms with Gasteiger partial charge in [-0.05, 0) is 6.07 Å². The summed E-state index contributed by atoms with van der Waals surface area (Å²) in [6.45, 7) is 1.75. The molecular weight excluding hydrogens is 274 g/mol. The Kier molecular flexibility index (Phi) is 2.26. The van der Waals surface area contributed by atoms with Gasteiger partial charge >= 0.3 is 5.84 Å². The lowest BCUT2D eigenvalue weighted by Crippen LogP contribution is -1.81. The van der Waals surface area contributed by atoms with E-state index >= 15 is 0 Å². The zero-order valence-corrected chi connectivity index (χ0v) is 11.3. The summed E-state index contributed by atoms with van der Waals surface area (Å²) in [7, 11) is 1.53. The molecule has 0 radical (unpaired) electrons. The van der Waals surface area contributed by atoms with E-state index in [1.54, 1.807) is 25.3 Å². The van der Waals surface area contributed by atoms with Gasteiger partial charge in [0.1, 0.15) is 22.8 Å². The molecule has 3 aromatic heterocycles. The van der Waals surface area contributed by atoms with Crippen LogP contribution in [0.4, 0.5) is 0 Å². The fourth-order valence-electron chi connectivity index (χ4n) is 2.26. The van der Waals surface area contributed by atoms with Crippen LogP contribution >= 0.6 is 0 Å². The maximum Gasteiger partial charge on any atom is 0.325 e. The molecule has 106 valence electrons. The molecule has 0 atom stereocenters. The van der Waals surface area contributed by atoms with Crippen LogP contribution in [0.1, 0.15) is 5.89 Å². The molecule has 7 nitrogen and oxygen atoms in total. The maximum atomic E-state index is 9.98. The Morgan fingerprint density at radius 2 is 2.10 bits per heavy atom. The van der Waals surface area contributed by atoms with Crippen molar-refractivity contribution in [1.29, 1.82) is 0 Å². The van der Waals surface area contributed by atoms with Crippen molar-refractivity contribution >= 4 is 16.8 Å². The number of nitrogens with zero attached hydrogens (tertiary/aromatic N) is 3. The van der Waals surface area contributed by atoms with Crippen LogP contribution in [0.3, 0.4) is 0 Å². The minimum absolute atomic E-state index is 0.0937. The quantitative estimate of drug-likeness (QED) is 0.609. The molecule has 0 aliphatic heterocycles. The number of benzene rings is 1. The van der Waals surface area contributed by atoms with Crippen LogP contribution in [-0.4, -0.2) is 26.8 Å². The van der Waals surface area contributed by atoms with Gasteiger partial charge in [-0.1, -0.05) is 0 Å². The van der Waals surface area contributed by atoms with Crippen LogP contribution in [0.2, 0.25) is 0 Å². The van der Waals surface area contributed by atoms with E-state index in [0.717, 1.165) is 0 Å². The first kappa shape index (κ1) is 11.8. The highest BCUT2D eigenvalue weighted by atomic mass is 16.5. The van der Waals surface area contributed by atoms with E-state index in [1.165, 1.54) is 17.7 Å². The summed E-state index contributed by atoms with van der Waals surface area (Å²) in [5.41, 5.74) is 1.10. The molecular formula is C14H11N3O4. The van der Waals surface area contributed by atoms with Gasteiger partial charge in [0.2, 0.25) is 5.89 Å². The van der Waals surface area contributed by atoms with Crippen LogP contribution in [0, 0.1) is 6.92 Å². The summed E-state index contributed by atoms with van der Waals surface area (Å²) >= 11 is 0. The Balaban J connectivity index is 1.89. The molecule has 7 heteroatoms. The van der Waals surface area contributed by atoms with Crippen molar-refractivity contribution in [3.8, 4) is 23.0 Å². The van der Waals surface area contributed by atoms with E-state index in [-0.39, 0.29) is 5.75 Å². The predicted octanol–water partition coefficient (Wildman–Crippen LogP) is 2.76. The lowest BCUT2D eigenvalue weighted by Gasteiger charge is -1.99. The smallest absolute Gasteiger partial charge is 0.325 e. The highest BCUT2D eigenvalue weighted by Crippen LogP contribution is 2.35. The predicted molar refractivity (Wildman–Crippen MR) is 73.4 cm³/mol. The fourth-order valence-corrected chi connectivity index (χ4v) is 2.26. The highest BCUT2D eigenvalue weighted by Gasteiger charge is 2.15. The summed E-state index contributed by atoms with van der Waals surface area (Å²) in [4.78, 5) is 4.30. The van der Waals surface area contributed by atoms with Crippen LogP contribution < -0.4 is 4.74 Å². The highest BCUT2D eigenvalue weighted by molar-refractivity contribution is 5.89. The van der Waals surface area contributed by atoms with Gasteiger partial charge in [-0.3, -0.25) is 0 Å². The molecule has 0 saturated carbocycles. The first-order valence-electron chi connectivity index (χ1n) is 6.28. The Labute approximate surface area is 118 Å². The standard InChI is InChI=1S/C14H11N3O4/c1-7-16-17-6-10(15-14(17)20-7)13-5-9-11(18)3-8(19-2)4-12(9)21-13/h3-6,18H,1-2H3. The molecule has 0 amide bonds. The summed E-state index contributed by atoms with van der Waals surface area (Å²) < 4.78 is 17.7. The third-order valence-electron chi connectivity index (χ3n) is 3.22. The number of aryl methyl sites for hydroxylation is 1. The van der Waals surface area contributed by atoms with Gasteiger partial charge < -0.3 is 18.7 Å². The molecule has 0 spiro atoms. The van der Waals surface area contributed by atoms with Crippen molar-refractivity contribution in [1.82, 2.24) is 14.6 Å². The number of rotatable bonds is 2. The number of aromatic nitrogens is 3. The van der Waals surface area contributed by atoms with Crippen molar-refractivity contribution < 1.29 is 18.7 Å². The zero-order valence-electron chi connectivity index (χ0n) is 11.3. The molecule has 4 aromatic rings. The number of furan rings is 1. The third kappa shape index (κ3) is 1.74. The molecule has 0 aliphatic rings. The van der Waals surface area contributed by atoms with Crippen LogP contribution in [0.5, 0.6) is 11.5 Å². The topological polar surface area (TPSA) is 85.9 Å². The first-order valence-corrected chi connectivity index (χ1v) is 6.28. The molecule has 0 fully saturated rings. The van der Waals surface area contributed by atoms with Gasteiger partial charge in [-0.2, -0.15) is 9.50 Å². The minimum atomic E-state index is 0.0937. The molecule has 3 heterocycles. The Hall–Kier alpha value is -2.96. The van der Waals surface area contributed by atoms with Crippen LogP contribution in [-0.2, 0) is 0 Å². The number of phenols is 1. The summed E-state index contributed by atoms with van der Waals surface area (Å²) in [5.74, 6) is 2.07. The minimum Gasteiger partial charge on any atom is -0.507 e. The van der Waals surface area contributed by atoms with E-state index in [4.69, 9.17) is 13.6 Å². The van der Waals surface area contributed by atoms with E-state index in [0.29, 0.717) is 39.9 Å². The van der Waals surface area contributed by atoms with E-state index in [9.17, 15) is 5.11 Å². The molecule has 4 rings (SSSR count). The SMILES string of the molecule is COc1cc(O)c2cc(-c3cn4nc(C)oc4n3)oc2c1. The van der Waals surface area contributed by atoms with Gasteiger partial charge in [0.25, 0.3) is 0 Å². The van der Waals surface area contributed by atoms with E-state index in [1.807, 2.05) is 0 Å². The monoisotopic (exact) mass is 285 g/mol. The van der Waals surface area contributed by atoms with Crippen molar-refractivity contribution in [2.45, 2.75) is 6.92 Å². The lowest BCUT2D eigenvalue weighted by atomic mass is 10.2. The normalized spacial score (nSPS) is 11.5. The van der Waals surface area contributed by atoms with Crippen LogP contribution in [0.25, 0.3) is 28.3 Å². The van der Waals surface area contributed by atoms with Gasteiger partial charge in [0.15, 0.2) is 5.76 Å². The van der Waals surface area contributed by atoms with E-state index < -0.39 is 0 Å². The average Bonchev–Trinajstić information content (AvgIpc) is 3.09. The van der Waals surface area contributed by atoms with Gasteiger partial charge in [0, 0.05) is 19.1 Å². The number of ether oxygens (including phenoxy) is 1. The van der Waals surface area contributed by atoms with Crippen molar-refractivity contribution in [3.63, 3.8) is 0 Å². The maximum absolute atomic E-state index is 9.98. The van der Waals surface area contributed by atoms with Crippen LogP contribution in [0.15, 0.2) is 33.2 Å². The number of imidazole rings is 1. The van der Waals surface area contributed by atoms with E-state index in [2.05, 4.69) is 10.1 Å². The molecule has 1 N–H and O–H groups in total. The van der Waals surface area contributed by atoms with Crippen molar-refractivity contribution in [2.24, 2.45) is 0 Å². The number of aromatic hydroxyl groups is 1. The van der Waals surface area contributed by atoms with Gasteiger partial charge in [0.05, 0.1) is 18.7 Å². The average molecular weight is 285 g/mol. The Morgan fingerprint density at radius 3 is 2.86 bits per heavy atom. The lowest BCUT2D eigenvalue weighted by molar-refractivity contribution is 0.408. The third-order valence-corrected chi connectivity index (χ3v) is 3.22. The second-order valence-corrected chi connectivity index (χ2v) is 4.64. The molecule has 0 unspecified atom stereocenters. The molecule has 0 saturated heterocycles. The Morgan fingerprint density at radius 1 is 1.24 bits per heavy atom. The summed E-state index contributed by atoms with van der Waals surface area (Å²) in [6.07, 6.45) is 1.71. The number of hydrogen-bond acceptors (Lipinski definition) is 6. The number of hydrogen-bond donors (Lipinski definition) is 1. The number of phenolic OH excluding ortho intramolecular Hbond substituents is 1. The van der Waals surface area contributed by atoms with Gasteiger partial charge in [-0.15, -0.1) is 5.10 Å². The summed E-state index contributed by atoms with van der Waals surface area (Å²) in [5, 5.41) is 14.7. The van der Waals surface area contributed by atoms with Crippen molar-refractivity contribution in [2.75, 3.05) is 7.11 Å². The summed E-state index contributed by atoms with van der Waals surface area (Å²) in [6, 6.07) is 4.96. The molecule has 0 aliphatic carbocycles. The fraction of sp³-hybridized carbons (Fsp3) is 0.143. The number of methoxy groups -OCH3 is 1. The van der Waals surface area contributed by atoms with Crippen molar-refractivity contribution in [3.05, 3.63) is 30.3 Å². The Bertz CT molecular complexity index is 932. The molecule has 0 bridgehead atoms. The van der Waals surface area contributed by atoms with Gasteiger partial charge in [-0.25, -0.2) is 0 Å². The number of fused-ring (bicyclic) bond motifs is 2. The second-order valence-electron chi connectivity index (χ2n) is 4.64. The largest absolute Gasteiger partial charge is 0.507 e.